The standard InChI is InChI=1S/C11H25N3O/c1-5-7-14(8-6-12)9-10(15)13-11(2,3)4/h5-9,12H2,1-4H3,(H,13,15). The molecular formula is C11H25N3O. The molecule has 0 radical (unpaired) electrons. The zero-order chi connectivity index (χ0) is 11.9. The molecule has 0 saturated heterocycles. The summed E-state index contributed by atoms with van der Waals surface area (Å²) in [5.41, 5.74) is 5.33. The fraction of sp³-hybridized carbons (Fsp3) is 0.909. The molecule has 0 aliphatic heterocycles. The third kappa shape index (κ3) is 8.39. The maximum Gasteiger partial charge on any atom is 0.234 e. The quantitative estimate of drug-likeness (QED) is 0.681. The highest BCUT2D eigenvalue weighted by molar-refractivity contribution is 5.78. The molecule has 0 aliphatic carbocycles. The Hall–Kier alpha value is -0.610. The van der Waals surface area contributed by atoms with E-state index in [4.69, 9.17) is 5.73 Å². The van der Waals surface area contributed by atoms with Crippen LogP contribution in [0.25, 0.3) is 0 Å². The molecule has 0 unspecified atom stereocenters. The summed E-state index contributed by atoms with van der Waals surface area (Å²) in [5.74, 6) is 0.0735. The van der Waals surface area contributed by atoms with E-state index in [1.807, 2.05) is 20.8 Å². The molecule has 0 atom stereocenters. The lowest BCUT2D eigenvalue weighted by atomic mass is 10.1. The van der Waals surface area contributed by atoms with E-state index in [0.29, 0.717) is 13.1 Å². The van der Waals surface area contributed by atoms with Crippen molar-refractivity contribution < 1.29 is 4.79 Å². The molecule has 0 heterocycles. The minimum Gasteiger partial charge on any atom is -0.350 e. The van der Waals surface area contributed by atoms with Crippen LogP contribution in [-0.2, 0) is 4.79 Å². The Balaban J connectivity index is 3.99. The summed E-state index contributed by atoms with van der Waals surface area (Å²) in [4.78, 5) is 13.7. The molecule has 3 N–H and O–H groups in total. The van der Waals surface area contributed by atoms with Crippen LogP contribution in [0.5, 0.6) is 0 Å². The van der Waals surface area contributed by atoms with Crippen molar-refractivity contribution in [1.29, 1.82) is 0 Å². The van der Waals surface area contributed by atoms with Crippen LogP contribution in [-0.4, -0.2) is 42.5 Å². The molecule has 4 nitrogen and oxygen atoms in total. The second kappa shape index (κ2) is 6.80. The van der Waals surface area contributed by atoms with Crippen LogP contribution in [0.2, 0.25) is 0 Å². The van der Waals surface area contributed by atoms with E-state index in [2.05, 4.69) is 17.1 Å². The van der Waals surface area contributed by atoms with Gasteiger partial charge in [-0.25, -0.2) is 0 Å². The van der Waals surface area contributed by atoms with Gasteiger partial charge in [0, 0.05) is 18.6 Å². The molecule has 0 spiro atoms. The van der Waals surface area contributed by atoms with Gasteiger partial charge in [-0.1, -0.05) is 6.92 Å². The predicted molar refractivity (Wildman–Crippen MR) is 63.7 cm³/mol. The van der Waals surface area contributed by atoms with Crippen molar-refractivity contribution in [3.05, 3.63) is 0 Å². The lowest BCUT2D eigenvalue weighted by Gasteiger charge is -2.25. The van der Waals surface area contributed by atoms with Gasteiger partial charge in [0.1, 0.15) is 0 Å². The Morgan fingerprint density at radius 3 is 2.33 bits per heavy atom. The predicted octanol–water partition coefficient (Wildman–Crippen LogP) is 0.572. The van der Waals surface area contributed by atoms with Gasteiger partial charge in [-0.15, -0.1) is 0 Å². The zero-order valence-electron chi connectivity index (χ0n) is 10.5. The van der Waals surface area contributed by atoms with E-state index in [-0.39, 0.29) is 11.4 Å². The largest absolute Gasteiger partial charge is 0.350 e. The van der Waals surface area contributed by atoms with Gasteiger partial charge in [0.15, 0.2) is 0 Å². The van der Waals surface area contributed by atoms with Crippen molar-refractivity contribution in [2.75, 3.05) is 26.2 Å². The summed E-state index contributed by atoms with van der Waals surface area (Å²) in [6, 6.07) is 0. The zero-order valence-corrected chi connectivity index (χ0v) is 10.5. The highest BCUT2D eigenvalue weighted by Gasteiger charge is 2.15. The van der Waals surface area contributed by atoms with E-state index >= 15 is 0 Å². The molecule has 1 amide bonds. The van der Waals surface area contributed by atoms with E-state index in [1.54, 1.807) is 0 Å². The molecule has 15 heavy (non-hydrogen) atoms. The van der Waals surface area contributed by atoms with Crippen LogP contribution in [0.4, 0.5) is 0 Å². The molecule has 0 bridgehead atoms. The Morgan fingerprint density at radius 1 is 1.33 bits per heavy atom. The van der Waals surface area contributed by atoms with Gasteiger partial charge < -0.3 is 11.1 Å². The third-order valence-electron chi connectivity index (χ3n) is 1.87. The van der Waals surface area contributed by atoms with Crippen molar-refractivity contribution in [1.82, 2.24) is 10.2 Å². The number of hydrogen-bond donors (Lipinski definition) is 2. The summed E-state index contributed by atoms with van der Waals surface area (Å²) in [5, 5.41) is 2.95. The molecular weight excluding hydrogens is 190 g/mol. The lowest BCUT2D eigenvalue weighted by Crippen LogP contribution is -2.46. The summed E-state index contributed by atoms with van der Waals surface area (Å²) < 4.78 is 0. The number of nitrogens with zero attached hydrogens (tertiary/aromatic N) is 1. The molecule has 0 aliphatic rings. The van der Waals surface area contributed by atoms with Crippen LogP contribution in [0, 0.1) is 0 Å². The Kier molecular flexibility index (Phi) is 6.52. The normalized spacial score (nSPS) is 11.9. The first-order valence-corrected chi connectivity index (χ1v) is 5.62. The topological polar surface area (TPSA) is 58.4 Å². The smallest absolute Gasteiger partial charge is 0.234 e. The number of rotatable bonds is 6. The molecule has 0 aromatic heterocycles. The fourth-order valence-corrected chi connectivity index (χ4v) is 1.43. The lowest BCUT2D eigenvalue weighted by molar-refractivity contribution is -0.123. The van der Waals surface area contributed by atoms with E-state index < -0.39 is 0 Å². The van der Waals surface area contributed by atoms with Crippen LogP contribution >= 0.6 is 0 Å². The Morgan fingerprint density at radius 2 is 1.93 bits per heavy atom. The maximum absolute atomic E-state index is 11.6. The summed E-state index contributed by atoms with van der Waals surface area (Å²) >= 11 is 0. The van der Waals surface area contributed by atoms with Gasteiger partial charge >= 0.3 is 0 Å². The van der Waals surface area contributed by atoms with E-state index in [9.17, 15) is 4.79 Å². The second-order valence-electron chi connectivity index (χ2n) is 4.86. The number of hydrogen-bond acceptors (Lipinski definition) is 3. The second-order valence-corrected chi connectivity index (χ2v) is 4.86. The molecule has 0 aromatic carbocycles. The minimum atomic E-state index is -0.155. The molecule has 90 valence electrons. The van der Waals surface area contributed by atoms with Crippen LogP contribution < -0.4 is 11.1 Å². The number of amides is 1. The Labute approximate surface area is 93.2 Å². The van der Waals surface area contributed by atoms with Crippen LogP contribution in [0.1, 0.15) is 34.1 Å². The van der Waals surface area contributed by atoms with Crippen molar-refractivity contribution in [3.8, 4) is 0 Å². The summed E-state index contributed by atoms with van der Waals surface area (Å²) in [6.45, 7) is 10.8. The van der Waals surface area contributed by atoms with Gasteiger partial charge in [-0.2, -0.15) is 0 Å². The molecule has 0 saturated carbocycles. The molecule has 0 rings (SSSR count). The van der Waals surface area contributed by atoms with Crippen molar-refractivity contribution in [3.63, 3.8) is 0 Å². The van der Waals surface area contributed by atoms with Crippen molar-refractivity contribution in [2.24, 2.45) is 5.73 Å². The Bertz CT molecular complexity index is 181. The highest BCUT2D eigenvalue weighted by Crippen LogP contribution is 1.99. The molecule has 4 heteroatoms. The van der Waals surface area contributed by atoms with Crippen LogP contribution in [0.3, 0.4) is 0 Å². The van der Waals surface area contributed by atoms with E-state index in [0.717, 1.165) is 19.5 Å². The van der Waals surface area contributed by atoms with Gasteiger partial charge in [-0.05, 0) is 33.7 Å². The summed E-state index contributed by atoms with van der Waals surface area (Å²) in [7, 11) is 0. The average Bonchev–Trinajstić information content (AvgIpc) is 2.00. The number of nitrogens with two attached hydrogens (primary N) is 1. The SMILES string of the molecule is CCCN(CCN)CC(=O)NC(C)(C)C. The fourth-order valence-electron chi connectivity index (χ4n) is 1.43. The number of carbonyl (C=O) groups is 1. The maximum atomic E-state index is 11.6. The third-order valence-corrected chi connectivity index (χ3v) is 1.87. The monoisotopic (exact) mass is 215 g/mol. The first-order valence-electron chi connectivity index (χ1n) is 5.62. The minimum absolute atomic E-state index is 0.0735. The molecule has 0 aromatic rings. The van der Waals surface area contributed by atoms with Crippen molar-refractivity contribution >= 4 is 5.91 Å². The highest BCUT2D eigenvalue weighted by atomic mass is 16.2. The molecule has 0 fully saturated rings. The van der Waals surface area contributed by atoms with Gasteiger partial charge in [-0.3, -0.25) is 9.69 Å². The van der Waals surface area contributed by atoms with Gasteiger partial charge in [0.2, 0.25) is 5.91 Å². The first-order chi connectivity index (χ1) is 6.89. The van der Waals surface area contributed by atoms with Gasteiger partial charge in [0.25, 0.3) is 0 Å². The number of nitrogens with one attached hydrogen (secondary N) is 1. The van der Waals surface area contributed by atoms with Gasteiger partial charge in [0.05, 0.1) is 6.54 Å². The van der Waals surface area contributed by atoms with Crippen molar-refractivity contribution in [2.45, 2.75) is 39.7 Å². The summed E-state index contributed by atoms with van der Waals surface area (Å²) in [6.07, 6.45) is 1.04. The van der Waals surface area contributed by atoms with Crippen LogP contribution in [0.15, 0.2) is 0 Å². The van der Waals surface area contributed by atoms with E-state index in [1.165, 1.54) is 0 Å². The number of carbonyl (C=O) groups excluding carboxylic acids is 1. The first kappa shape index (κ1) is 14.4. The average molecular weight is 215 g/mol.